The first-order valence-corrected chi connectivity index (χ1v) is 6.98. The summed E-state index contributed by atoms with van der Waals surface area (Å²) in [4.78, 5) is 4.13. The van der Waals surface area contributed by atoms with E-state index in [0.29, 0.717) is 0 Å². The molecule has 0 saturated heterocycles. The van der Waals surface area contributed by atoms with E-state index >= 15 is 0 Å². The van der Waals surface area contributed by atoms with Crippen LogP contribution < -0.4 is 5.32 Å². The fourth-order valence-electron chi connectivity index (χ4n) is 2.77. The quantitative estimate of drug-likeness (QED) is 0.841. The molecule has 1 N–H and O–H groups in total. The minimum atomic E-state index is 0.898. The van der Waals surface area contributed by atoms with Crippen molar-refractivity contribution >= 4 is 0 Å². The van der Waals surface area contributed by atoms with Gasteiger partial charge >= 0.3 is 0 Å². The van der Waals surface area contributed by atoms with Gasteiger partial charge in [-0.05, 0) is 42.9 Å². The second-order valence-corrected chi connectivity index (χ2v) is 5.29. The predicted molar refractivity (Wildman–Crippen MR) is 71.7 cm³/mol. The molecule has 0 radical (unpaired) electrons. The number of rotatable bonds is 5. The topological polar surface area (TPSA) is 24.9 Å². The molecule has 0 aromatic carbocycles. The Hall–Kier alpha value is -0.890. The molecule has 1 aromatic heterocycles. The molecule has 0 amide bonds. The molecule has 1 aliphatic rings. The van der Waals surface area contributed by atoms with Gasteiger partial charge in [0.15, 0.2) is 0 Å². The second kappa shape index (κ2) is 6.75. The van der Waals surface area contributed by atoms with Crippen LogP contribution in [0.2, 0.25) is 0 Å². The normalized spacial score (nSPS) is 24.8. The lowest BCUT2D eigenvalue weighted by atomic mass is 9.81. The molecule has 1 fully saturated rings. The zero-order valence-electron chi connectivity index (χ0n) is 10.9. The molecule has 0 unspecified atom stereocenters. The van der Waals surface area contributed by atoms with Gasteiger partial charge in [0.25, 0.3) is 0 Å². The number of nitrogens with zero attached hydrogens (tertiary/aromatic N) is 1. The Balaban J connectivity index is 1.63. The van der Waals surface area contributed by atoms with Crippen molar-refractivity contribution in [2.45, 2.75) is 45.6 Å². The van der Waals surface area contributed by atoms with Gasteiger partial charge in [0.05, 0.1) is 0 Å². The summed E-state index contributed by atoms with van der Waals surface area (Å²) in [6.07, 6.45) is 10.9. The highest BCUT2D eigenvalue weighted by Crippen LogP contribution is 2.30. The summed E-state index contributed by atoms with van der Waals surface area (Å²) >= 11 is 0. The molecule has 2 heteroatoms. The molecule has 17 heavy (non-hydrogen) atoms. The minimum Gasteiger partial charge on any atom is -0.312 e. The second-order valence-electron chi connectivity index (χ2n) is 5.29. The molecule has 0 bridgehead atoms. The van der Waals surface area contributed by atoms with Gasteiger partial charge in [-0.25, -0.2) is 0 Å². The number of aromatic nitrogens is 1. The van der Waals surface area contributed by atoms with E-state index in [-0.39, 0.29) is 0 Å². The molecule has 1 saturated carbocycles. The highest BCUT2D eigenvalue weighted by molar-refractivity contribution is 5.07. The van der Waals surface area contributed by atoms with Crippen molar-refractivity contribution in [3.8, 4) is 0 Å². The molecular weight excluding hydrogens is 208 g/mol. The Morgan fingerprint density at radius 1 is 1.24 bits per heavy atom. The van der Waals surface area contributed by atoms with E-state index in [1.807, 2.05) is 18.5 Å². The third kappa shape index (κ3) is 4.12. The Labute approximate surface area is 105 Å². The van der Waals surface area contributed by atoms with E-state index in [2.05, 4.69) is 23.3 Å². The summed E-state index contributed by atoms with van der Waals surface area (Å²) in [7, 11) is 0. The average Bonchev–Trinajstić information content (AvgIpc) is 2.41. The van der Waals surface area contributed by atoms with Gasteiger partial charge in [-0.3, -0.25) is 4.98 Å². The van der Waals surface area contributed by atoms with Crippen LogP contribution in [-0.4, -0.2) is 11.5 Å². The molecule has 2 rings (SSSR count). The maximum atomic E-state index is 4.13. The first kappa shape index (κ1) is 12.6. The highest BCUT2D eigenvalue weighted by atomic mass is 14.9. The van der Waals surface area contributed by atoms with E-state index in [0.717, 1.165) is 18.4 Å². The SMILES string of the molecule is CCC1CCC(CNCc2cccnc2)CC1. The van der Waals surface area contributed by atoms with E-state index < -0.39 is 0 Å². The monoisotopic (exact) mass is 232 g/mol. The first-order valence-electron chi connectivity index (χ1n) is 6.98. The summed E-state index contributed by atoms with van der Waals surface area (Å²) in [5, 5.41) is 3.56. The molecule has 1 aliphatic carbocycles. The highest BCUT2D eigenvalue weighted by Gasteiger charge is 2.19. The molecule has 94 valence electrons. The molecule has 2 nitrogen and oxygen atoms in total. The van der Waals surface area contributed by atoms with E-state index in [9.17, 15) is 0 Å². The fraction of sp³-hybridized carbons (Fsp3) is 0.667. The van der Waals surface area contributed by atoms with Gasteiger partial charge in [-0.2, -0.15) is 0 Å². The third-order valence-electron chi connectivity index (χ3n) is 4.03. The van der Waals surface area contributed by atoms with Gasteiger partial charge in [0, 0.05) is 18.9 Å². The van der Waals surface area contributed by atoms with Crippen LogP contribution in [0.5, 0.6) is 0 Å². The van der Waals surface area contributed by atoms with Crippen molar-refractivity contribution in [2.75, 3.05) is 6.54 Å². The van der Waals surface area contributed by atoms with Crippen LogP contribution in [0, 0.1) is 11.8 Å². The zero-order valence-corrected chi connectivity index (χ0v) is 10.9. The Bertz CT molecular complexity index is 302. The van der Waals surface area contributed by atoms with Crippen LogP contribution in [0.1, 0.15) is 44.6 Å². The maximum Gasteiger partial charge on any atom is 0.0312 e. The molecule has 1 aromatic rings. The van der Waals surface area contributed by atoms with Crippen molar-refractivity contribution in [2.24, 2.45) is 11.8 Å². The third-order valence-corrected chi connectivity index (χ3v) is 4.03. The summed E-state index contributed by atoms with van der Waals surface area (Å²) in [6.45, 7) is 4.46. The van der Waals surface area contributed by atoms with E-state index in [4.69, 9.17) is 0 Å². The van der Waals surface area contributed by atoms with Crippen LogP contribution in [0.15, 0.2) is 24.5 Å². The maximum absolute atomic E-state index is 4.13. The summed E-state index contributed by atoms with van der Waals surface area (Å²) in [6, 6.07) is 4.14. The van der Waals surface area contributed by atoms with Crippen LogP contribution in [-0.2, 0) is 6.54 Å². The lowest BCUT2D eigenvalue weighted by molar-refractivity contribution is 0.262. The molecule has 1 heterocycles. The average molecular weight is 232 g/mol. The van der Waals surface area contributed by atoms with Crippen molar-refractivity contribution < 1.29 is 0 Å². The predicted octanol–water partition coefficient (Wildman–Crippen LogP) is 3.39. The van der Waals surface area contributed by atoms with Crippen LogP contribution in [0.4, 0.5) is 0 Å². The van der Waals surface area contributed by atoms with Gasteiger partial charge in [0.1, 0.15) is 0 Å². The zero-order chi connectivity index (χ0) is 11.9. The Morgan fingerprint density at radius 2 is 2.00 bits per heavy atom. The van der Waals surface area contributed by atoms with Crippen LogP contribution >= 0.6 is 0 Å². The Kier molecular flexibility index (Phi) is 4.99. The van der Waals surface area contributed by atoms with Crippen molar-refractivity contribution in [3.05, 3.63) is 30.1 Å². The van der Waals surface area contributed by atoms with Gasteiger partial charge in [0.2, 0.25) is 0 Å². The van der Waals surface area contributed by atoms with Crippen molar-refractivity contribution in [1.82, 2.24) is 10.3 Å². The lowest BCUT2D eigenvalue weighted by Gasteiger charge is -2.27. The van der Waals surface area contributed by atoms with Gasteiger partial charge in [-0.15, -0.1) is 0 Å². The van der Waals surface area contributed by atoms with E-state index in [1.165, 1.54) is 44.2 Å². The summed E-state index contributed by atoms with van der Waals surface area (Å²) < 4.78 is 0. The molecule has 0 spiro atoms. The number of nitrogens with one attached hydrogen (secondary N) is 1. The van der Waals surface area contributed by atoms with Crippen molar-refractivity contribution in [3.63, 3.8) is 0 Å². The molecule has 0 aliphatic heterocycles. The van der Waals surface area contributed by atoms with Crippen molar-refractivity contribution in [1.29, 1.82) is 0 Å². The molecule has 0 atom stereocenters. The fourth-order valence-corrected chi connectivity index (χ4v) is 2.77. The van der Waals surface area contributed by atoms with Gasteiger partial charge < -0.3 is 5.32 Å². The number of hydrogen-bond donors (Lipinski definition) is 1. The van der Waals surface area contributed by atoms with Crippen LogP contribution in [0.25, 0.3) is 0 Å². The Morgan fingerprint density at radius 3 is 2.65 bits per heavy atom. The van der Waals surface area contributed by atoms with E-state index in [1.54, 1.807) is 0 Å². The smallest absolute Gasteiger partial charge is 0.0312 e. The van der Waals surface area contributed by atoms with Gasteiger partial charge in [-0.1, -0.05) is 32.3 Å². The van der Waals surface area contributed by atoms with Crippen LogP contribution in [0.3, 0.4) is 0 Å². The minimum absolute atomic E-state index is 0.898. The number of pyridine rings is 1. The number of hydrogen-bond acceptors (Lipinski definition) is 2. The molecular formula is C15H24N2. The first-order chi connectivity index (χ1) is 8.38. The largest absolute Gasteiger partial charge is 0.312 e. The lowest BCUT2D eigenvalue weighted by Crippen LogP contribution is -2.26. The summed E-state index contributed by atoms with van der Waals surface area (Å²) in [5.74, 6) is 1.90. The standard InChI is InChI=1S/C15H24N2/c1-2-13-5-7-14(8-6-13)10-17-12-15-4-3-9-16-11-15/h3-4,9,11,13-14,17H,2,5-8,10,12H2,1H3. The summed E-state index contributed by atoms with van der Waals surface area (Å²) in [5.41, 5.74) is 1.29.